The first kappa shape index (κ1) is 16.9. The summed E-state index contributed by atoms with van der Waals surface area (Å²) in [7, 11) is 0. The number of aromatic amines is 1. The summed E-state index contributed by atoms with van der Waals surface area (Å²) < 4.78 is 13.2. The summed E-state index contributed by atoms with van der Waals surface area (Å²) in [5.41, 5.74) is 1.48. The maximum Gasteiger partial charge on any atom is 0.248 e. The number of fused-ring (bicyclic) bond motifs is 1. The van der Waals surface area contributed by atoms with Crippen molar-refractivity contribution in [2.24, 2.45) is 0 Å². The third kappa shape index (κ3) is 4.10. The number of H-pyrrole nitrogens is 1. The number of amides is 1. The summed E-state index contributed by atoms with van der Waals surface area (Å²) in [5.74, 6) is -0.854. The number of hydrogen-bond donors (Lipinski definition) is 3. The molecule has 0 aliphatic rings. The van der Waals surface area contributed by atoms with Crippen molar-refractivity contribution in [3.8, 4) is 0 Å². The van der Waals surface area contributed by atoms with Gasteiger partial charge in [-0.05, 0) is 29.3 Å². The van der Waals surface area contributed by atoms with Crippen LogP contribution in [-0.2, 0) is 11.3 Å². The van der Waals surface area contributed by atoms with Crippen LogP contribution in [0.1, 0.15) is 23.7 Å². The van der Waals surface area contributed by atoms with Gasteiger partial charge in [0.15, 0.2) is 0 Å². The molecule has 0 radical (unpaired) electrons. The van der Waals surface area contributed by atoms with Crippen molar-refractivity contribution in [2.75, 3.05) is 0 Å². The van der Waals surface area contributed by atoms with Gasteiger partial charge in [-0.2, -0.15) is 0 Å². The number of pyridine rings is 1. The van der Waals surface area contributed by atoms with Gasteiger partial charge in [-0.25, -0.2) is 4.39 Å². The lowest BCUT2D eigenvalue weighted by molar-refractivity contribution is -0.123. The Labute approximate surface area is 143 Å². The van der Waals surface area contributed by atoms with Gasteiger partial charge in [-0.3, -0.25) is 9.59 Å². The van der Waals surface area contributed by atoms with Crippen molar-refractivity contribution >= 4 is 16.8 Å². The zero-order valence-corrected chi connectivity index (χ0v) is 13.3. The first-order chi connectivity index (χ1) is 12.0. The van der Waals surface area contributed by atoms with E-state index < -0.39 is 11.9 Å². The fourth-order valence-electron chi connectivity index (χ4n) is 2.70. The third-order valence-electron chi connectivity index (χ3n) is 3.92. The van der Waals surface area contributed by atoms with Gasteiger partial charge in [-0.15, -0.1) is 0 Å². The topological polar surface area (TPSA) is 82.2 Å². The largest absolute Gasteiger partial charge is 0.388 e. The zero-order chi connectivity index (χ0) is 17.8. The number of carbonyl (C=O) groups is 1. The molecular formula is C19H17FN2O3. The number of benzene rings is 2. The van der Waals surface area contributed by atoms with Crippen LogP contribution in [0, 0.1) is 5.82 Å². The quantitative estimate of drug-likeness (QED) is 0.667. The highest BCUT2D eigenvalue weighted by atomic mass is 19.1. The Hall–Kier alpha value is -2.99. The van der Waals surface area contributed by atoms with E-state index in [4.69, 9.17) is 0 Å². The Morgan fingerprint density at radius 3 is 2.76 bits per heavy atom. The van der Waals surface area contributed by atoms with Crippen molar-refractivity contribution in [1.82, 2.24) is 10.3 Å². The molecule has 0 saturated carbocycles. The van der Waals surface area contributed by atoms with Crippen LogP contribution in [0.5, 0.6) is 0 Å². The van der Waals surface area contributed by atoms with Gasteiger partial charge in [0.2, 0.25) is 11.5 Å². The second-order valence-corrected chi connectivity index (χ2v) is 5.76. The minimum Gasteiger partial charge on any atom is -0.388 e. The molecule has 1 amide bonds. The molecule has 128 valence electrons. The number of aliphatic hydroxyl groups excluding tert-OH is 1. The predicted molar refractivity (Wildman–Crippen MR) is 92.4 cm³/mol. The number of aromatic nitrogens is 1. The summed E-state index contributed by atoms with van der Waals surface area (Å²) in [5, 5.41) is 13.6. The minimum absolute atomic E-state index is 0.166. The molecule has 25 heavy (non-hydrogen) atoms. The molecule has 3 rings (SSSR count). The van der Waals surface area contributed by atoms with Crippen molar-refractivity contribution < 1.29 is 14.3 Å². The van der Waals surface area contributed by atoms with E-state index in [1.165, 1.54) is 24.3 Å². The summed E-state index contributed by atoms with van der Waals surface area (Å²) >= 11 is 0. The number of carbonyl (C=O) groups excluding carboxylic acids is 1. The molecule has 0 aliphatic heterocycles. The second-order valence-electron chi connectivity index (χ2n) is 5.76. The highest BCUT2D eigenvalue weighted by Crippen LogP contribution is 2.18. The smallest absolute Gasteiger partial charge is 0.248 e. The SMILES string of the molecule is O=C(CC(O)c1cccc(F)c1)NCc1cc(=O)[nH]c2ccccc12. The summed E-state index contributed by atoms with van der Waals surface area (Å²) in [4.78, 5) is 26.5. The first-order valence-electron chi connectivity index (χ1n) is 7.84. The van der Waals surface area contributed by atoms with Crippen LogP contribution in [0.3, 0.4) is 0 Å². The average molecular weight is 340 g/mol. The second kappa shape index (κ2) is 7.27. The van der Waals surface area contributed by atoms with Crippen LogP contribution < -0.4 is 10.9 Å². The van der Waals surface area contributed by atoms with Gasteiger partial charge in [0.1, 0.15) is 5.82 Å². The van der Waals surface area contributed by atoms with E-state index in [0.29, 0.717) is 16.6 Å². The minimum atomic E-state index is -1.09. The molecule has 6 heteroatoms. The fourth-order valence-corrected chi connectivity index (χ4v) is 2.70. The summed E-state index contributed by atoms with van der Waals surface area (Å²) in [6.07, 6.45) is -1.28. The number of aliphatic hydroxyl groups is 1. The summed E-state index contributed by atoms with van der Waals surface area (Å²) in [6.45, 7) is 0.166. The molecule has 1 unspecified atom stereocenters. The van der Waals surface area contributed by atoms with Crippen LogP contribution in [0.2, 0.25) is 0 Å². The highest BCUT2D eigenvalue weighted by Gasteiger charge is 2.14. The maximum atomic E-state index is 13.2. The number of rotatable bonds is 5. The van der Waals surface area contributed by atoms with Gasteiger partial charge in [0.05, 0.1) is 12.5 Å². The molecule has 5 nitrogen and oxygen atoms in total. The standard InChI is InChI=1S/C19H17FN2O3/c20-14-5-3-4-12(8-14)17(23)10-18(24)21-11-13-9-19(25)22-16-7-2-1-6-15(13)16/h1-9,17,23H,10-11H2,(H,21,24)(H,22,25). The van der Waals surface area contributed by atoms with Crippen molar-refractivity contribution in [3.63, 3.8) is 0 Å². The monoisotopic (exact) mass is 340 g/mol. The zero-order valence-electron chi connectivity index (χ0n) is 13.3. The molecule has 0 spiro atoms. The molecule has 0 bridgehead atoms. The van der Waals surface area contributed by atoms with E-state index in [1.54, 1.807) is 12.1 Å². The lowest BCUT2D eigenvalue weighted by Crippen LogP contribution is -2.25. The normalized spacial score (nSPS) is 12.1. The Morgan fingerprint density at radius 2 is 1.96 bits per heavy atom. The Kier molecular flexibility index (Phi) is 4.90. The summed E-state index contributed by atoms with van der Waals surface area (Å²) in [6, 6.07) is 14.3. The molecule has 1 heterocycles. The number of halogens is 1. The first-order valence-corrected chi connectivity index (χ1v) is 7.84. The predicted octanol–water partition coefficient (Wildman–Crippen LogP) is 2.41. The van der Waals surface area contributed by atoms with Crippen molar-refractivity contribution in [2.45, 2.75) is 19.1 Å². The molecule has 0 fully saturated rings. The van der Waals surface area contributed by atoms with E-state index in [0.717, 1.165) is 5.39 Å². The lowest BCUT2D eigenvalue weighted by Gasteiger charge is -2.12. The molecule has 2 aromatic carbocycles. The van der Waals surface area contributed by atoms with Gasteiger partial charge in [0.25, 0.3) is 0 Å². The van der Waals surface area contributed by atoms with Crippen LogP contribution in [-0.4, -0.2) is 16.0 Å². The average Bonchev–Trinajstić information content (AvgIpc) is 2.59. The van der Waals surface area contributed by atoms with Gasteiger partial charge in [-0.1, -0.05) is 30.3 Å². The number of nitrogens with one attached hydrogen (secondary N) is 2. The van der Waals surface area contributed by atoms with Gasteiger partial charge in [0, 0.05) is 23.5 Å². The highest BCUT2D eigenvalue weighted by molar-refractivity contribution is 5.83. The molecule has 3 N–H and O–H groups in total. The van der Waals surface area contributed by atoms with Gasteiger partial charge >= 0.3 is 0 Å². The fraction of sp³-hybridized carbons (Fsp3) is 0.158. The molecule has 1 atom stereocenters. The van der Waals surface area contributed by atoms with Crippen LogP contribution in [0.25, 0.3) is 10.9 Å². The molecule has 3 aromatic rings. The van der Waals surface area contributed by atoms with Crippen molar-refractivity contribution in [3.05, 3.63) is 81.9 Å². The maximum absolute atomic E-state index is 13.2. The Bertz CT molecular complexity index is 968. The van der Waals surface area contributed by atoms with E-state index in [1.807, 2.05) is 18.2 Å². The van der Waals surface area contributed by atoms with Crippen LogP contribution in [0.4, 0.5) is 4.39 Å². The van der Waals surface area contributed by atoms with Crippen LogP contribution in [0.15, 0.2) is 59.4 Å². The molecule has 1 aromatic heterocycles. The van der Waals surface area contributed by atoms with E-state index in [-0.39, 0.29) is 24.4 Å². The number of hydrogen-bond acceptors (Lipinski definition) is 3. The molecule has 0 aliphatic carbocycles. The van der Waals surface area contributed by atoms with Crippen LogP contribution >= 0.6 is 0 Å². The molecule has 0 saturated heterocycles. The Morgan fingerprint density at radius 1 is 1.16 bits per heavy atom. The Balaban J connectivity index is 1.68. The third-order valence-corrected chi connectivity index (χ3v) is 3.92. The van der Waals surface area contributed by atoms with Crippen molar-refractivity contribution in [1.29, 1.82) is 0 Å². The van der Waals surface area contributed by atoms with Gasteiger partial charge < -0.3 is 15.4 Å². The number of para-hydroxylation sites is 1. The lowest BCUT2D eigenvalue weighted by atomic mass is 10.1. The van der Waals surface area contributed by atoms with E-state index in [9.17, 15) is 19.1 Å². The molecular weight excluding hydrogens is 323 g/mol. The van der Waals surface area contributed by atoms with E-state index in [2.05, 4.69) is 10.3 Å². The van der Waals surface area contributed by atoms with E-state index >= 15 is 0 Å².